The van der Waals surface area contributed by atoms with Gasteiger partial charge < -0.3 is 10.4 Å². The summed E-state index contributed by atoms with van der Waals surface area (Å²) < 4.78 is 0.907. The molecule has 0 atom stereocenters. The van der Waals surface area contributed by atoms with Crippen molar-refractivity contribution in [2.45, 2.75) is 32.2 Å². The van der Waals surface area contributed by atoms with Crippen LogP contribution in [0.4, 0.5) is 0 Å². The number of benzene rings is 1. The summed E-state index contributed by atoms with van der Waals surface area (Å²) in [5.74, 6) is -1.06. The van der Waals surface area contributed by atoms with Crippen molar-refractivity contribution in [1.82, 2.24) is 5.32 Å². The van der Waals surface area contributed by atoms with Crippen LogP contribution in [0.15, 0.2) is 28.7 Å². The summed E-state index contributed by atoms with van der Waals surface area (Å²) in [7, 11) is 0. The topological polar surface area (TPSA) is 66.4 Å². The monoisotopic (exact) mass is 313 g/mol. The lowest BCUT2D eigenvalue weighted by Crippen LogP contribution is -2.43. The quantitative estimate of drug-likeness (QED) is 0.878. The molecule has 0 spiro atoms. The number of aliphatic carboxylic acids is 1. The van der Waals surface area contributed by atoms with Gasteiger partial charge in [0, 0.05) is 22.0 Å². The van der Waals surface area contributed by atoms with Crippen molar-refractivity contribution in [2.75, 3.05) is 0 Å². The molecule has 0 heterocycles. The van der Waals surface area contributed by atoms with Gasteiger partial charge in [-0.05, 0) is 44.5 Å². The zero-order valence-electron chi connectivity index (χ0n) is 10.4. The van der Waals surface area contributed by atoms with E-state index in [0.717, 1.165) is 4.47 Å². The Morgan fingerprint density at radius 2 is 1.83 bits per heavy atom. The van der Waals surface area contributed by atoms with Crippen molar-refractivity contribution in [3.8, 4) is 0 Å². The Morgan fingerprint density at radius 1 is 1.28 bits per heavy atom. The van der Waals surface area contributed by atoms with E-state index in [0.29, 0.717) is 12.0 Å². The lowest BCUT2D eigenvalue weighted by Gasteiger charge is -2.25. The van der Waals surface area contributed by atoms with E-state index in [2.05, 4.69) is 21.2 Å². The molecule has 4 nitrogen and oxygen atoms in total. The van der Waals surface area contributed by atoms with Gasteiger partial charge in [-0.15, -0.1) is 0 Å². The van der Waals surface area contributed by atoms with Gasteiger partial charge in [-0.2, -0.15) is 0 Å². The van der Waals surface area contributed by atoms with Gasteiger partial charge in [-0.3, -0.25) is 9.59 Å². The first-order valence-electron chi connectivity index (χ1n) is 5.60. The fourth-order valence-electron chi connectivity index (χ4n) is 1.46. The van der Waals surface area contributed by atoms with Crippen molar-refractivity contribution >= 4 is 27.8 Å². The molecule has 0 aliphatic rings. The maximum atomic E-state index is 11.9. The lowest BCUT2D eigenvalue weighted by atomic mass is 9.98. The molecule has 98 valence electrons. The highest BCUT2D eigenvalue weighted by molar-refractivity contribution is 9.10. The first-order chi connectivity index (χ1) is 8.30. The largest absolute Gasteiger partial charge is 0.481 e. The van der Waals surface area contributed by atoms with Crippen LogP contribution in [-0.2, 0) is 4.79 Å². The summed E-state index contributed by atoms with van der Waals surface area (Å²) in [6.07, 6.45) is 0.429. The molecule has 0 saturated carbocycles. The fraction of sp³-hybridized carbons (Fsp3) is 0.385. The van der Waals surface area contributed by atoms with E-state index in [1.165, 1.54) is 0 Å². The van der Waals surface area contributed by atoms with E-state index in [1.807, 2.05) is 13.8 Å². The van der Waals surface area contributed by atoms with Crippen LogP contribution in [0.3, 0.4) is 0 Å². The Bertz CT molecular complexity index is 440. The zero-order chi connectivity index (χ0) is 13.8. The molecule has 1 aromatic carbocycles. The van der Waals surface area contributed by atoms with Crippen molar-refractivity contribution in [3.05, 3.63) is 34.3 Å². The van der Waals surface area contributed by atoms with Crippen LogP contribution < -0.4 is 5.32 Å². The molecule has 1 aromatic rings. The van der Waals surface area contributed by atoms with Gasteiger partial charge >= 0.3 is 5.97 Å². The third-order valence-corrected chi connectivity index (χ3v) is 3.05. The molecule has 0 aliphatic carbocycles. The second kappa shape index (κ2) is 6.00. The highest BCUT2D eigenvalue weighted by Crippen LogP contribution is 2.14. The minimum atomic E-state index is -0.860. The first kappa shape index (κ1) is 14.7. The predicted molar refractivity (Wildman–Crippen MR) is 72.6 cm³/mol. The van der Waals surface area contributed by atoms with Crippen LogP contribution in [-0.4, -0.2) is 22.5 Å². The van der Waals surface area contributed by atoms with Crippen LogP contribution in [0.25, 0.3) is 0 Å². The third-order valence-electron chi connectivity index (χ3n) is 2.52. The second-order valence-electron chi connectivity index (χ2n) is 4.74. The van der Waals surface area contributed by atoms with E-state index >= 15 is 0 Å². The molecule has 5 heteroatoms. The molecular weight excluding hydrogens is 298 g/mol. The van der Waals surface area contributed by atoms with E-state index in [-0.39, 0.29) is 12.3 Å². The normalized spacial score (nSPS) is 11.1. The van der Waals surface area contributed by atoms with Crippen LogP contribution in [0.5, 0.6) is 0 Å². The van der Waals surface area contributed by atoms with E-state index in [4.69, 9.17) is 5.11 Å². The van der Waals surface area contributed by atoms with E-state index in [9.17, 15) is 9.59 Å². The molecule has 0 unspecified atom stereocenters. The number of hydrogen-bond acceptors (Lipinski definition) is 2. The molecule has 18 heavy (non-hydrogen) atoms. The second-order valence-corrected chi connectivity index (χ2v) is 5.65. The average Bonchev–Trinajstić information content (AvgIpc) is 2.27. The van der Waals surface area contributed by atoms with Gasteiger partial charge in [0.15, 0.2) is 0 Å². The number of carboxylic acid groups (broad SMARTS) is 1. The van der Waals surface area contributed by atoms with Crippen molar-refractivity contribution in [2.24, 2.45) is 0 Å². The molecule has 0 saturated heterocycles. The molecule has 1 amide bonds. The number of halogens is 1. The number of carbonyl (C=O) groups excluding carboxylic acids is 1. The van der Waals surface area contributed by atoms with Crippen molar-refractivity contribution in [1.29, 1.82) is 0 Å². The zero-order valence-corrected chi connectivity index (χ0v) is 12.0. The van der Waals surface area contributed by atoms with Gasteiger partial charge in [0.25, 0.3) is 5.91 Å². The molecule has 2 N–H and O–H groups in total. The summed E-state index contributed by atoms with van der Waals surface area (Å²) >= 11 is 3.30. The molecule has 0 aromatic heterocycles. The maximum absolute atomic E-state index is 11.9. The standard InChI is InChI=1S/C13H16BrNO3/c1-13(2,8-7-11(16)17)15-12(18)9-3-5-10(14)6-4-9/h3-6H,7-8H2,1-2H3,(H,15,18)(H,16,17). The summed E-state index contributed by atoms with van der Waals surface area (Å²) in [6.45, 7) is 3.62. The SMILES string of the molecule is CC(C)(CCC(=O)O)NC(=O)c1ccc(Br)cc1. The highest BCUT2D eigenvalue weighted by Gasteiger charge is 2.22. The minimum absolute atomic E-state index is 0.0353. The summed E-state index contributed by atoms with van der Waals surface area (Å²) in [4.78, 5) is 22.5. The van der Waals surface area contributed by atoms with Gasteiger partial charge in [-0.25, -0.2) is 0 Å². The summed E-state index contributed by atoms with van der Waals surface area (Å²) in [5, 5.41) is 11.5. The van der Waals surface area contributed by atoms with Crippen LogP contribution in [0, 0.1) is 0 Å². The molecule has 0 bridgehead atoms. The van der Waals surface area contributed by atoms with Crippen LogP contribution in [0.2, 0.25) is 0 Å². The number of nitrogens with one attached hydrogen (secondary N) is 1. The lowest BCUT2D eigenvalue weighted by molar-refractivity contribution is -0.137. The van der Waals surface area contributed by atoms with Gasteiger partial charge in [0.1, 0.15) is 0 Å². The smallest absolute Gasteiger partial charge is 0.303 e. The van der Waals surface area contributed by atoms with Gasteiger partial charge in [-0.1, -0.05) is 15.9 Å². The first-order valence-corrected chi connectivity index (χ1v) is 6.39. The number of carboxylic acids is 1. The fourth-order valence-corrected chi connectivity index (χ4v) is 1.73. The summed E-state index contributed by atoms with van der Waals surface area (Å²) in [6, 6.07) is 7.01. The molecule has 0 aliphatic heterocycles. The number of hydrogen-bond donors (Lipinski definition) is 2. The number of carbonyl (C=O) groups is 2. The van der Waals surface area contributed by atoms with Crippen LogP contribution >= 0.6 is 15.9 Å². The van der Waals surface area contributed by atoms with Gasteiger partial charge in [0.05, 0.1) is 0 Å². The van der Waals surface area contributed by atoms with Crippen molar-refractivity contribution in [3.63, 3.8) is 0 Å². The highest BCUT2D eigenvalue weighted by atomic mass is 79.9. The van der Waals surface area contributed by atoms with E-state index in [1.54, 1.807) is 24.3 Å². The molecular formula is C13H16BrNO3. The average molecular weight is 314 g/mol. The molecule has 0 radical (unpaired) electrons. The van der Waals surface area contributed by atoms with Crippen LogP contribution in [0.1, 0.15) is 37.0 Å². The maximum Gasteiger partial charge on any atom is 0.303 e. The Labute approximate surface area is 115 Å². The Hall–Kier alpha value is -1.36. The van der Waals surface area contributed by atoms with Crippen molar-refractivity contribution < 1.29 is 14.7 Å². The van der Waals surface area contributed by atoms with Gasteiger partial charge in [0.2, 0.25) is 0 Å². The Morgan fingerprint density at radius 3 is 2.33 bits per heavy atom. The number of rotatable bonds is 5. The number of amides is 1. The minimum Gasteiger partial charge on any atom is -0.481 e. The third kappa shape index (κ3) is 4.87. The molecule has 0 fully saturated rings. The predicted octanol–water partition coefficient (Wildman–Crippen LogP) is 2.82. The van der Waals surface area contributed by atoms with E-state index < -0.39 is 11.5 Å². The molecule has 1 rings (SSSR count). The Kier molecular flexibility index (Phi) is 4.90. The Balaban J connectivity index is 2.63. The summed E-state index contributed by atoms with van der Waals surface area (Å²) in [5.41, 5.74) is 0.0179.